The SMILES string of the molecule is COc1ccc(-c2cc(C(=O)O)no2)c(C)c1OC. The van der Waals surface area contributed by atoms with Crippen LogP contribution < -0.4 is 9.47 Å². The maximum Gasteiger partial charge on any atom is 0.358 e. The van der Waals surface area contributed by atoms with Gasteiger partial charge in [-0.15, -0.1) is 0 Å². The Balaban J connectivity index is 2.53. The average molecular weight is 263 g/mol. The number of nitrogens with zero attached hydrogens (tertiary/aromatic N) is 1. The van der Waals surface area contributed by atoms with E-state index in [-0.39, 0.29) is 5.69 Å². The van der Waals surface area contributed by atoms with E-state index < -0.39 is 5.97 Å². The van der Waals surface area contributed by atoms with Crippen molar-refractivity contribution in [1.29, 1.82) is 0 Å². The third-order valence-corrected chi connectivity index (χ3v) is 2.79. The summed E-state index contributed by atoms with van der Waals surface area (Å²) in [4.78, 5) is 10.8. The van der Waals surface area contributed by atoms with Crippen LogP contribution in [-0.2, 0) is 0 Å². The first-order valence-corrected chi connectivity index (χ1v) is 5.50. The molecule has 0 bridgehead atoms. The zero-order valence-corrected chi connectivity index (χ0v) is 10.8. The van der Waals surface area contributed by atoms with Crippen LogP contribution in [0.25, 0.3) is 11.3 Å². The Morgan fingerprint density at radius 3 is 2.58 bits per heavy atom. The Kier molecular flexibility index (Phi) is 3.41. The fourth-order valence-corrected chi connectivity index (χ4v) is 1.85. The smallest absolute Gasteiger partial charge is 0.358 e. The number of benzene rings is 1. The highest BCUT2D eigenvalue weighted by atomic mass is 16.5. The minimum atomic E-state index is -1.13. The molecule has 1 aromatic heterocycles. The fourth-order valence-electron chi connectivity index (χ4n) is 1.85. The second-order valence-corrected chi connectivity index (χ2v) is 3.86. The van der Waals surface area contributed by atoms with E-state index in [4.69, 9.17) is 19.1 Å². The normalized spacial score (nSPS) is 10.3. The number of ether oxygens (including phenoxy) is 2. The van der Waals surface area contributed by atoms with Crippen LogP contribution in [0.1, 0.15) is 16.1 Å². The van der Waals surface area contributed by atoms with E-state index in [9.17, 15) is 4.79 Å². The number of hydrogen-bond acceptors (Lipinski definition) is 5. The highest BCUT2D eigenvalue weighted by molar-refractivity contribution is 5.86. The van der Waals surface area contributed by atoms with Crippen LogP contribution in [0.2, 0.25) is 0 Å². The summed E-state index contributed by atoms with van der Waals surface area (Å²) >= 11 is 0. The predicted octanol–water partition coefficient (Wildman–Crippen LogP) is 2.37. The number of methoxy groups -OCH3 is 2. The predicted molar refractivity (Wildman–Crippen MR) is 66.7 cm³/mol. The summed E-state index contributed by atoms with van der Waals surface area (Å²) < 4.78 is 15.5. The quantitative estimate of drug-likeness (QED) is 0.911. The molecule has 0 aliphatic rings. The van der Waals surface area contributed by atoms with Crippen molar-refractivity contribution in [1.82, 2.24) is 5.16 Å². The van der Waals surface area contributed by atoms with E-state index >= 15 is 0 Å². The van der Waals surface area contributed by atoms with Crippen molar-refractivity contribution in [3.8, 4) is 22.8 Å². The van der Waals surface area contributed by atoms with Crippen LogP contribution in [0.3, 0.4) is 0 Å². The third kappa shape index (κ3) is 2.24. The lowest BCUT2D eigenvalue weighted by Crippen LogP contribution is -1.95. The summed E-state index contributed by atoms with van der Waals surface area (Å²) in [5, 5.41) is 12.3. The molecule has 6 nitrogen and oxygen atoms in total. The van der Waals surface area contributed by atoms with Gasteiger partial charge >= 0.3 is 5.97 Å². The molecule has 0 aliphatic heterocycles. The molecule has 6 heteroatoms. The Bertz CT molecular complexity index is 617. The summed E-state index contributed by atoms with van der Waals surface area (Å²) in [7, 11) is 3.09. The van der Waals surface area contributed by atoms with Crippen LogP contribution >= 0.6 is 0 Å². The minimum absolute atomic E-state index is 0.135. The summed E-state index contributed by atoms with van der Waals surface area (Å²) in [6.45, 7) is 1.83. The molecule has 0 amide bonds. The molecule has 1 aromatic carbocycles. The molecule has 0 aliphatic carbocycles. The summed E-state index contributed by atoms with van der Waals surface area (Å²) in [6, 6.07) is 4.86. The molecule has 0 unspecified atom stereocenters. The molecular formula is C13H13NO5. The number of carboxylic acid groups (broad SMARTS) is 1. The van der Waals surface area contributed by atoms with Crippen molar-refractivity contribution in [2.24, 2.45) is 0 Å². The first kappa shape index (κ1) is 12.9. The van der Waals surface area contributed by atoms with E-state index in [1.807, 2.05) is 6.92 Å². The van der Waals surface area contributed by atoms with Crippen LogP contribution in [0, 0.1) is 6.92 Å². The molecule has 100 valence electrons. The van der Waals surface area contributed by atoms with Crippen molar-refractivity contribution in [3.63, 3.8) is 0 Å². The van der Waals surface area contributed by atoms with E-state index in [0.717, 1.165) is 5.56 Å². The zero-order valence-electron chi connectivity index (χ0n) is 10.8. The number of aromatic nitrogens is 1. The summed E-state index contributed by atoms with van der Waals surface area (Å²) in [5.74, 6) is 0.416. The maximum atomic E-state index is 10.8. The number of carbonyl (C=O) groups is 1. The van der Waals surface area contributed by atoms with E-state index in [2.05, 4.69) is 5.16 Å². The average Bonchev–Trinajstić information content (AvgIpc) is 2.87. The van der Waals surface area contributed by atoms with Crippen molar-refractivity contribution in [3.05, 3.63) is 29.5 Å². The molecule has 19 heavy (non-hydrogen) atoms. The number of aromatic carboxylic acids is 1. The summed E-state index contributed by atoms with van der Waals surface area (Å²) in [5.41, 5.74) is 1.36. The van der Waals surface area contributed by atoms with Gasteiger partial charge < -0.3 is 19.1 Å². The largest absolute Gasteiger partial charge is 0.493 e. The molecule has 1 N–H and O–H groups in total. The van der Waals surface area contributed by atoms with Gasteiger partial charge in [0.2, 0.25) is 0 Å². The van der Waals surface area contributed by atoms with Crippen molar-refractivity contribution < 1.29 is 23.9 Å². The Hall–Kier alpha value is -2.50. The number of carboxylic acids is 1. The van der Waals surface area contributed by atoms with Gasteiger partial charge in [0.1, 0.15) is 0 Å². The maximum absolute atomic E-state index is 10.8. The molecule has 2 aromatic rings. The van der Waals surface area contributed by atoms with Crippen LogP contribution in [0.5, 0.6) is 11.5 Å². The molecule has 0 fully saturated rings. The lowest BCUT2D eigenvalue weighted by atomic mass is 10.0. The topological polar surface area (TPSA) is 81.8 Å². The molecule has 1 heterocycles. The van der Waals surface area contributed by atoms with Crippen LogP contribution in [-0.4, -0.2) is 30.5 Å². The molecule has 0 saturated carbocycles. The molecule has 0 spiro atoms. The van der Waals surface area contributed by atoms with Gasteiger partial charge in [-0.25, -0.2) is 4.79 Å². The highest BCUT2D eigenvalue weighted by Gasteiger charge is 2.17. The standard InChI is InChI=1S/C13H13NO5/c1-7-8(4-5-10(17-2)12(7)18-3)11-6-9(13(15)16)14-19-11/h4-6H,1-3H3,(H,15,16). The van der Waals surface area contributed by atoms with Crippen molar-refractivity contribution in [2.75, 3.05) is 14.2 Å². The van der Waals surface area contributed by atoms with Gasteiger partial charge in [0, 0.05) is 17.2 Å². The number of rotatable bonds is 4. The minimum Gasteiger partial charge on any atom is -0.493 e. The van der Waals surface area contributed by atoms with Crippen molar-refractivity contribution >= 4 is 5.97 Å². The van der Waals surface area contributed by atoms with Gasteiger partial charge in [0.25, 0.3) is 0 Å². The monoisotopic (exact) mass is 263 g/mol. The second-order valence-electron chi connectivity index (χ2n) is 3.86. The first-order valence-electron chi connectivity index (χ1n) is 5.50. The lowest BCUT2D eigenvalue weighted by molar-refractivity contribution is 0.0686. The first-order chi connectivity index (χ1) is 9.08. The Morgan fingerprint density at radius 1 is 1.32 bits per heavy atom. The van der Waals surface area contributed by atoms with Gasteiger partial charge in [-0.2, -0.15) is 0 Å². The van der Waals surface area contributed by atoms with Crippen LogP contribution in [0.4, 0.5) is 0 Å². The summed E-state index contributed by atoms with van der Waals surface area (Å²) in [6.07, 6.45) is 0. The van der Waals surface area contributed by atoms with Gasteiger partial charge in [-0.1, -0.05) is 5.16 Å². The van der Waals surface area contributed by atoms with E-state index in [0.29, 0.717) is 22.8 Å². The molecule has 0 radical (unpaired) electrons. The Morgan fingerprint density at radius 2 is 2.05 bits per heavy atom. The zero-order chi connectivity index (χ0) is 14.0. The van der Waals surface area contributed by atoms with E-state index in [1.54, 1.807) is 19.2 Å². The molecule has 2 rings (SSSR count). The number of hydrogen-bond donors (Lipinski definition) is 1. The van der Waals surface area contributed by atoms with Gasteiger partial charge in [0.15, 0.2) is 23.0 Å². The lowest BCUT2D eigenvalue weighted by Gasteiger charge is -2.12. The molecular weight excluding hydrogens is 250 g/mol. The molecule has 0 saturated heterocycles. The van der Waals surface area contributed by atoms with Gasteiger partial charge in [-0.3, -0.25) is 0 Å². The van der Waals surface area contributed by atoms with Gasteiger partial charge in [0.05, 0.1) is 14.2 Å². The third-order valence-electron chi connectivity index (χ3n) is 2.79. The van der Waals surface area contributed by atoms with Crippen molar-refractivity contribution in [2.45, 2.75) is 6.92 Å². The Labute approximate surface area is 109 Å². The van der Waals surface area contributed by atoms with Gasteiger partial charge in [-0.05, 0) is 19.1 Å². The van der Waals surface area contributed by atoms with E-state index in [1.165, 1.54) is 13.2 Å². The van der Waals surface area contributed by atoms with Crippen LogP contribution in [0.15, 0.2) is 22.7 Å². The fraction of sp³-hybridized carbons (Fsp3) is 0.231. The molecule has 0 atom stereocenters. The highest BCUT2D eigenvalue weighted by Crippen LogP contribution is 2.37. The second kappa shape index (κ2) is 5.01.